The van der Waals surface area contributed by atoms with Crippen molar-refractivity contribution in [3.63, 3.8) is 0 Å². The Balaban J connectivity index is 1.31. The molecule has 1 saturated carbocycles. The van der Waals surface area contributed by atoms with Gasteiger partial charge in [-0.05, 0) is 49.9 Å². The standard InChI is InChI=1S/C21H27N3O4/c22-19(25)18-2-1-11-24(18)21(27)15-5-7-16(8-6-15)28-17-9-12-23(13-10-17)20(26)14-3-4-14/h5-8,14,17-18H,1-4,9-13H2,(H2,22,25)/t18-/m0/s1. The molecule has 1 aliphatic carbocycles. The molecule has 2 N–H and O–H groups in total. The molecule has 0 radical (unpaired) electrons. The van der Waals surface area contributed by atoms with Crippen LogP contribution in [-0.2, 0) is 9.59 Å². The third kappa shape index (κ3) is 3.98. The number of benzene rings is 1. The van der Waals surface area contributed by atoms with Gasteiger partial charge in [-0.25, -0.2) is 0 Å². The molecule has 0 aromatic heterocycles. The van der Waals surface area contributed by atoms with Gasteiger partial charge in [0.25, 0.3) is 5.91 Å². The van der Waals surface area contributed by atoms with Gasteiger partial charge in [-0.15, -0.1) is 0 Å². The van der Waals surface area contributed by atoms with Crippen LogP contribution < -0.4 is 10.5 Å². The van der Waals surface area contributed by atoms with Gasteiger partial charge in [0.1, 0.15) is 17.9 Å². The van der Waals surface area contributed by atoms with Crippen LogP contribution in [-0.4, -0.2) is 59.3 Å². The van der Waals surface area contributed by atoms with Gasteiger partial charge in [-0.1, -0.05) is 0 Å². The Morgan fingerprint density at radius 2 is 1.61 bits per heavy atom. The summed E-state index contributed by atoms with van der Waals surface area (Å²) < 4.78 is 6.04. The lowest BCUT2D eigenvalue weighted by Crippen LogP contribution is -2.43. The summed E-state index contributed by atoms with van der Waals surface area (Å²) in [5.41, 5.74) is 5.94. The SMILES string of the molecule is NC(=O)[C@@H]1CCCN1C(=O)c1ccc(OC2CCN(C(=O)C3CC3)CC2)cc1. The number of hydrogen-bond acceptors (Lipinski definition) is 4. The Morgan fingerprint density at radius 1 is 0.929 bits per heavy atom. The zero-order chi connectivity index (χ0) is 19.7. The van der Waals surface area contributed by atoms with Crippen LogP contribution >= 0.6 is 0 Å². The van der Waals surface area contributed by atoms with Crippen LogP contribution in [0.4, 0.5) is 0 Å². The molecular formula is C21H27N3O4. The number of nitrogens with two attached hydrogens (primary N) is 1. The van der Waals surface area contributed by atoms with Gasteiger partial charge >= 0.3 is 0 Å². The molecule has 1 aromatic rings. The maximum absolute atomic E-state index is 12.7. The number of likely N-dealkylation sites (tertiary alicyclic amines) is 2. The van der Waals surface area contributed by atoms with Crippen molar-refractivity contribution in [2.75, 3.05) is 19.6 Å². The average Bonchev–Trinajstić information content (AvgIpc) is 3.44. The molecule has 3 aliphatic rings. The fourth-order valence-corrected chi connectivity index (χ4v) is 4.12. The van der Waals surface area contributed by atoms with Gasteiger partial charge in [-0.2, -0.15) is 0 Å². The van der Waals surface area contributed by atoms with Crippen LogP contribution in [0, 0.1) is 5.92 Å². The molecule has 2 heterocycles. The van der Waals surface area contributed by atoms with E-state index in [1.165, 1.54) is 0 Å². The van der Waals surface area contributed by atoms with Crippen LogP contribution in [0.3, 0.4) is 0 Å². The second-order valence-electron chi connectivity index (χ2n) is 8.00. The van der Waals surface area contributed by atoms with Gasteiger partial charge in [0.2, 0.25) is 11.8 Å². The summed E-state index contributed by atoms with van der Waals surface area (Å²) >= 11 is 0. The smallest absolute Gasteiger partial charge is 0.254 e. The number of nitrogens with zero attached hydrogens (tertiary/aromatic N) is 2. The molecule has 3 amide bonds. The molecule has 3 fully saturated rings. The Bertz CT molecular complexity index is 751. The number of piperidine rings is 1. The van der Waals surface area contributed by atoms with Crippen LogP contribution in [0.5, 0.6) is 5.75 Å². The highest BCUT2D eigenvalue weighted by Gasteiger charge is 2.35. The first-order valence-electron chi connectivity index (χ1n) is 10.2. The Kier molecular flexibility index (Phi) is 5.24. The summed E-state index contributed by atoms with van der Waals surface area (Å²) in [6.07, 6.45) is 5.24. The first-order chi connectivity index (χ1) is 13.5. The first-order valence-corrected chi connectivity index (χ1v) is 10.2. The van der Waals surface area contributed by atoms with Gasteiger partial charge < -0.3 is 20.3 Å². The topological polar surface area (TPSA) is 92.9 Å². The Labute approximate surface area is 164 Å². The summed E-state index contributed by atoms with van der Waals surface area (Å²) in [5, 5.41) is 0. The third-order valence-corrected chi connectivity index (χ3v) is 5.93. The highest BCUT2D eigenvalue weighted by atomic mass is 16.5. The van der Waals surface area contributed by atoms with Crippen molar-refractivity contribution in [1.29, 1.82) is 0 Å². The zero-order valence-corrected chi connectivity index (χ0v) is 16.0. The second-order valence-corrected chi connectivity index (χ2v) is 8.00. The van der Waals surface area contributed by atoms with Crippen molar-refractivity contribution in [2.24, 2.45) is 11.7 Å². The minimum absolute atomic E-state index is 0.0858. The van der Waals surface area contributed by atoms with E-state index in [4.69, 9.17) is 10.5 Å². The van der Waals surface area contributed by atoms with Crippen molar-refractivity contribution in [2.45, 2.75) is 50.7 Å². The molecule has 28 heavy (non-hydrogen) atoms. The van der Waals surface area contributed by atoms with Crippen molar-refractivity contribution >= 4 is 17.7 Å². The van der Waals surface area contributed by atoms with Crippen molar-refractivity contribution in [3.05, 3.63) is 29.8 Å². The molecule has 1 atom stereocenters. The van der Waals surface area contributed by atoms with Gasteiger partial charge in [0.05, 0.1) is 0 Å². The quantitative estimate of drug-likeness (QED) is 0.832. The van der Waals surface area contributed by atoms with Crippen molar-refractivity contribution in [3.8, 4) is 5.75 Å². The molecule has 7 nitrogen and oxygen atoms in total. The minimum atomic E-state index is -0.507. The molecule has 0 spiro atoms. The maximum atomic E-state index is 12.7. The summed E-state index contributed by atoms with van der Waals surface area (Å²) in [6.45, 7) is 2.06. The Hall–Kier alpha value is -2.57. The molecular weight excluding hydrogens is 358 g/mol. The predicted octanol–water partition coefficient (Wildman–Crippen LogP) is 1.56. The van der Waals surface area contributed by atoms with E-state index in [0.29, 0.717) is 24.4 Å². The summed E-state index contributed by atoms with van der Waals surface area (Å²) in [6, 6.07) is 6.56. The van der Waals surface area contributed by atoms with E-state index in [0.717, 1.165) is 50.9 Å². The number of amides is 3. The van der Waals surface area contributed by atoms with E-state index >= 15 is 0 Å². The fraction of sp³-hybridized carbons (Fsp3) is 0.571. The Morgan fingerprint density at radius 3 is 2.21 bits per heavy atom. The van der Waals surface area contributed by atoms with Crippen LogP contribution in [0.2, 0.25) is 0 Å². The van der Waals surface area contributed by atoms with Crippen molar-refractivity contribution < 1.29 is 19.1 Å². The van der Waals surface area contributed by atoms with E-state index in [9.17, 15) is 14.4 Å². The fourth-order valence-electron chi connectivity index (χ4n) is 4.12. The molecule has 7 heteroatoms. The maximum Gasteiger partial charge on any atom is 0.254 e. The van der Waals surface area contributed by atoms with Crippen LogP contribution in [0.15, 0.2) is 24.3 Å². The van der Waals surface area contributed by atoms with Gasteiger partial charge in [0, 0.05) is 44.0 Å². The highest BCUT2D eigenvalue weighted by molar-refractivity contribution is 5.97. The highest BCUT2D eigenvalue weighted by Crippen LogP contribution is 2.32. The van der Waals surface area contributed by atoms with E-state index in [2.05, 4.69) is 0 Å². The van der Waals surface area contributed by atoms with Gasteiger partial charge in [-0.3, -0.25) is 14.4 Å². The molecule has 150 valence electrons. The normalized spacial score (nSPS) is 22.9. The molecule has 4 rings (SSSR count). The van der Waals surface area contributed by atoms with Gasteiger partial charge in [0.15, 0.2) is 0 Å². The predicted molar refractivity (Wildman–Crippen MR) is 103 cm³/mol. The summed E-state index contributed by atoms with van der Waals surface area (Å²) in [5.74, 6) is 0.679. The van der Waals surface area contributed by atoms with E-state index in [1.54, 1.807) is 29.2 Å². The van der Waals surface area contributed by atoms with E-state index < -0.39 is 11.9 Å². The number of rotatable bonds is 5. The lowest BCUT2D eigenvalue weighted by Gasteiger charge is -2.32. The second kappa shape index (κ2) is 7.81. The minimum Gasteiger partial charge on any atom is -0.490 e. The number of carbonyl (C=O) groups is 3. The van der Waals surface area contributed by atoms with Crippen LogP contribution in [0.1, 0.15) is 48.9 Å². The lowest BCUT2D eigenvalue weighted by molar-refractivity contribution is -0.134. The zero-order valence-electron chi connectivity index (χ0n) is 16.0. The van der Waals surface area contributed by atoms with E-state index in [-0.39, 0.29) is 17.9 Å². The van der Waals surface area contributed by atoms with Crippen LogP contribution in [0.25, 0.3) is 0 Å². The van der Waals surface area contributed by atoms with E-state index in [1.807, 2.05) is 4.90 Å². The largest absolute Gasteiger partial charge is 0.490 e. The number of hydrogen-bond donors (Lipinski definition) is 1. The molecule has 0 bridgehead atoms. The first kappa shape index (κ1) is 18.8. The third-order valence-electron chi connectivity index (χ3n) is 5.93. The molecule has 1 aromatic carbocycles. The summed E-state index contributed by atoms with van der Waals surface area (Å²) in [7, 11) is 0. The number of ether oxygens (including phenoxy) is 1. The monoisotopic (exact) mass is 385 g/mol. The number of carbonyl (C=O) groups excluding carboxylic acids is 3. The average molecular weight is 385 g/mol. The lowest BCUT2D eigenvalue weighted by atomic mass is 10.1. The van der Waals surface area contributed by atoms with Crippen molar-refractivity contribution in [1.82, 2.24) is 9.80 Å². The number of primary amides is 1. The molecule has 2 saturated heterocycles. The summed E-state index contributed by atoms with van der Waals surface area (Å²) in [4.78, 5) is 39.8. The molecule has 0 unspecified atom stereocenters. The molecule has 2 aliphatic heterocycles.